The average Bonchev–Trinajstić information content (AvgIpc) is 2.67. The fourth-order valence-corrected chi connectivity index (χ4v) is 4.34. The zero-order valence-electron chi connectivity index (χ0n) is 8.40. The van der Waals surface area contributed by atoms with Crippen molar-refractivity contribution in [1.82, 2.24) is 5.32 Å². The van der Waals surface area contributed by atoms with E-state index in [9.17, 15) is 4.21 Å². The van der Waals surface area contributed by atoms with Crippen molar-refractivity contribution in [2.45, 2.75) is 30.4 Å². The first-order valence-electron chi connectivity index (χ1n) is 4.86. The molecule has 2 heterocycles. The van der Waals surface area contributed by atoms with E-state index in [-0.39, 0.29) is 16.5 Å². The summed E-state index contributed by atoms with van der Waals surface area (Å²) in [6.07, 6.45) is 0. The molecule has 0 amide bonds. The van der Waals surface area contributed by atoms with Crippen LogP contribution in [-0.4, -0.2) is 21.3 Å². The first-order valence-corrected chi connectivity index (χ1v) is 7.02. The predicted octanol–water partition coefficient (Wildman–Crippen LogP) is 1.92. The Morgan fingerprint density at radius 1 is 1.57 bits per heavy atom. The van der Waals surface area contributed by atoms with Gasteiger partial charge in [0.05, 0.1) is 11.3 Å². The molecule has 1 aromatic heterocycles. The highest BCUT2D eigenvalue weighted by Crippen LogP contribution is 2.28. The normalized spacial score (nSPS) is 38.4. The third-order valence-electron chi connectivity index (χ3n) is 2.71. The Kier molecular flexibility index (Phi) is 3.04. The molecular formula is C10H15NOS2. The zero-order valence-corrected chi connectivity index (χ0v) is 10.0. The van der Waals surface area contributed by atoms with Crippen LogP contribution in [-0.2, 0) is 10.8 Å². The number of rotatable bonds is 1. The minimum Gasteiger partial charge on any atom is -0.307 e. The van der Waals surface area contributed by atoms with E-state index in [1.54, 1.807) is 11.3 Å². The van der Waals surface area contributed by atoms with Gasteiger partial charge in [-0.25, -0.2) is 0 Å². The van der Waals surface area contributed by atoms with E-state index in [0.29, 0.717) is 0 Å². The van der Waals surface area contributed by atoms with E-state index in [1.807, 2.05) is 6.92 Å². The minimum atomic E-state index is -0.700. The molecule has 0 aromatic carbocycles. The lowest BCUT2D eigenvalue weighted by Crippen LogP contribution is -2.46. The average molecular weight is 229 g/mol. The van der Waals surface area contributed by atoms with Gasteiger partial charge in [-0.05, 0) is 25.3 Å². The highest BCUT2D eigenvalue weighted by molar-refractivity contribution is 7.86. The van der Waals surface area contributed by atoms with Crippen LogP contribution >= 0.6 is 11.3 Å². The van der Waals surface area contributed by atoms with Crippen LogP contribution in [0.3, 0.4) is 0 Å². The Balaban J connectivity index is 2.19. The highest BCUT2D eigenvalue weighted by atomic mass is 32.2. The minimum absolute atomic E-state index is 0.220. The van der Waals surface area contributed by atoms with Crippen LogP contribution in [0.5, 0.6) is 0 Å². The molecule has 0 bridgehead atoms. The van der Waals surface area contributed by atoms with Crippen molar-refractivity contribution in [2.75, 3.05) is 6.54 Å². The summed E-state index contributed by atoms with van der Waals surface area (Å²) in [7, 11) is -0.700. The molecule has 1 aromatic rings. The van der Waals surface area contributed by atoms with Crippen molar-refractivity contribution in [2.24, 2.45) is 0 Å². The molecule has 14 heavy (non-hydrogen) atoms. The Hall–Kier alpha value is -0.190. The molecule has 4 unspecified atom stereocenters. The van der Waals surface area contributed by atoms with Crippen LogP contribution in [0.4, 0.5) is 0 Å². The molecule has 0 radical (unpaired) electrons. The SMILES string of the molecule is CC1CNC(c2cccs2)C(C)S1=O. The summed E-state index contributed by atoms with van der Waals surface area (Å²) in [6.45, 7) is 4.98. The summed E-state index contributed by atoms with van der Waals surface area (Å²) >= 11 is 1.74. The molecule has 1 aliphatic heterocycles. The van der Waals surface area contributed by atoms with Crippen molar-refractivity contribution in [1.29, 1.82) is 0 Å². The summed E-state index contributed by atoms with van der Waals surface area (Å²) in [5.41, 5.74) is 0. The van der Waals surface area contributed by atoms with Gasteiger partial charge in [-0.1, -0.05) is 6.07 Å². The van der Waals surface area contributed by atoms with Gasteiger partial charge in [-0.15, -0.1) is 11.3 Å². The summed E-state index contributed by atoms with van der Waals surface area (Å²) in [6, 6.07) is 4.45. The molecule has 1 aliphatic rings. The summed E-state index contributed by atoms with van der Waals surface area (Å²) in [4.78, 5) is 1.30. The Labute approximate surface area is 91.2 Å². The lowest BCUT2D eigenvalue weighted by Gasteiger charge is -2.32. The molecule has 78 valence electrons. The van der Waals surface area contributed by atoms with E-state index in [0.717, 1.165) is 6.54 Å². The molecule has 0 aliphatic carbocycles. The molecule has 1 N–H and O–H groups in total. The van der Waals surface area contributed by atoms with Crippen LogP contribution in [0, 0.1) is 0 Å². The van der Waals surface area contributed by atoms with Crippen LogP contribution in [0.15, 0.2) is 17.5 Å². The topological polar surface area (TPSA) is 29.1 Å². The van der Waals surface area contributed by atoms with Gasteiger partial charge in [0.15, 0.2) is 0 Å². The predicted molar refractivity (Wildman–Crippen MR) is 62.1 cm³/mol. The molecule has 1 saturated heterocycles. The molecule has 2 rings (SSSR count). The van der Waals surface area contributed by atoms with Gasteiger partial charge < -0.3 is 5.32 Å². The van der Waals surface area contributed by atoms with E-state index in [2.05, 4.69) is 29.8 Å². The second-order valence-electron chi connectivity index (χ2n) is 3.75. The molecule has 1 fully saturated rings. The van der Waals surface area contributed by atoms with E-state index in [4.69, 9.17) is 0 Å². The largest absolute Gasteiger partial charge is 0.307 e. The van der Waals surface area contributed by atoms with Gasteiger partial charge in [0.25, 0.3) is 0 Å². The van der Waals surface area contributed by atoms with Crippen molar-refractivity contribution in [3.05, 3.63) is 22.4 Å². The Bertz CT molecular complexity index is 323. The molecular weight excluding hydrogens is 214 g/mol. The summed E-state index contributed by atoms with van der Waals surface area (Å²) in [5, 5.41) is 6.04. The monoisotopic (exact) mass is 229 g/mol. The molecule has 2 nitrogen and oxygen atoms in total. The van der Waals surface area contributed by atoms with Gasteiger partial charge >= 0.3 is 0 Å². The summed E-state index contributed by atoms with van der Waals surface area (Å²) < 4.78 is 11.9. The zero-order chi connectivity index (χ0) is 10.1. The quantitative estimate of drug-likeness (QED) is 0.797. The standard InChI is InChI=1S/C10H15NOS2/c1-7-6-11-10(8(2)14(7)12)9-4-3-5-13-9/h3-5,7-8,10-11H,6H2,1-2H3. The first-order chi connectivity index (χ1) is 6.70. The van der Waals surface area contributed by atoms with E-state index >= 15 is 0 Å². The van der Waals surface area contributed by atoms with E-state index < -0.39 is 10.8 Å². The van der Waals surface area contributed by atoms with Crippen molar-refractivity contribution in [3.63, 3.8) is 0 Å². The third-order valence-corrected chi connectivity index (χ3v) is 5.63. The maximum Gasteiger partial charge on any atom is 0.0558 e. The second kappa shape index (κ2) is 4.13. The van der Waals surface area contributed by atoms with Gasteiger partial charge in [0.2, 0.25) is 0 Å². The van der Waals surface area contributed by atoms with Gasteiger partial charge in [-0.2, -0.15) is 0 Å². The van der Waals surface area contributed by atoms with Crippen LogP contribution < -0.4 is 5.32 Å². The fraction of sp³-hybridized carbons (Fsp3) is 0.600. The lowest BCUT2D eigenvalue weighted by molar-refractivity contribution is 0.495. The second-order valence-corrected chi connectivity index (χ2v) is 6.93. The Morgan fingerprint density at radius 3 is 3.00 bits per heavy atom. The third kappa shape index (κ3) is 1.78. The van der Waals surface area contributed by atoms with Crippen LogP contribution in [0.25, 0.3) is 0 Å². The summed E-state index contributed by atoms with van der Waals surface area (Å²) in [5.74, 6) is 0. The van der Waals surface area contributed by atoms with Crippen LogP contribution in [0.2, 0.25) is 0 Å². The van der Waals surface area contributed by atoms with Gasteiger partial charge in [0, 0.05) is 27.5 Å². The highest BCUT2D eigenvalue weighted by Gasteiger charge is 2.32. The number of hydrogen-bond acceptors (Lipinski definition) is 3. The lowest BCUT2D eigenvalue weighted by atomic mass is 10.1. The Morgan fingerprint density at radius 2 is 2.36 bits per heavy atom. The number of hydrogen-bond donors (Lipinski definition) is 1. The van der Waals surface area contributed by atoms with Gasteiger partial charge in [0.1, 0.15) is 0 Å². The molecule has 4 atom stereocenters. The smallest absolute Gasteiger partial charge is 0.0558 e. The van der Waals surface area contributed by atoms with Crippen LogP contribution in [0.1, 0.15) is 24.8 Å². The van der Waals surface area contributed by atoms with Crippen molar-refractivity contribution < 1.29 is 4.21 Å². The fourth-order valence-electron chi connectivity index (χ4n) is 1.84. The number of nitrogens with one attached hydrogen (secondary N) is 1. The number of thiophene rings is 1. The molecule has 0 saturated carbocycles. The first kappa shape index (κ1) is 10.3. The van der Waals surface area contributed by atoms with E-state index in [1.165, 1.54) is 4.88 Å². The maximum absolute atomic E-state index is 11.9. The molecule has 4 heteroatoms. The molecule has 0 spiro atoms. The van der Waals surface area contributed by atoms with Gasteiger partial charge in [-0.3, -0.25) is 4.21 Å². The van der Waals surface area contributed by atoms with Crippen molar-refractivity contribution >= 4 is 22.1 Å². The van der Waals surface area contributed by atoms with Crippen molar-refractivity contribution in [3.8, 4) is 0 Å². The maximum atomic E-state index is 11.9.